The number of rotatable bonds is 5. The van der Waals surface area contributed by atoms with Gasteiger partial charge in [0.1, 0.15) is 6.61 Å². The number of nitrogens with zero attached hydrogens (tertiary/aromatic N) is 2. The van der Waals surface area contributed by atoms with Crippen molar-refractivity contribution >= 4 is 45.9 Å². The van der Waals surface area contributed by atoms with Crippen molar-refractivity contribution in [3.8, 4) is 11.5 Å². The molecule has 2 aromatic carbocycles. The van der Waals surface area contributed by atoms with Crippen molar-refractivity contribution in [2.75, 3.05) is 11.9 Å². The second-order valence-electron chi connectivity index (χ2n) is 5.76. The number of carbonyl (C=O) groups is 1. The number of hydrazone groups is 1. The van der Waals surface area contributed by atoms with Gasteiger partial charge in [0.05, 0.1) is 11.1 Å². The molecule has 0 saturated heterocycles. The van der Waals surface area contributed by atoms with Crippen LogP contribution < -0.4 is 20.2 Å². The molecule has 1 aliphatic rings. The Bertz CT molecular complexity index is 1010. The van der Waals surface area contributed by atoms with Crippen molar-refractivity contribution in [3.05, 3.63) is 64.6 Å². The van der Waals surface area contributed by atoms with E-state index in [9.17, 15) is 4.79 Å². The Morgan fingerprint density at radius 1 is 1.18 bits per heavy atom. The summed E-state index contributed by atoms with van der Waals surface area (Å²) in [7, 11) is 0. The van der Waals surface area contributed by atoms with Gasteiger partial charge in [-0.3, -0.25) is 4.79 Å². The van der Waals surface area contributed by atoms with Crippen molar-refractivity contribution in [1.29, 1.82) is 0 Å². The zero-order valence-electron chi connectivity index (χ0n) is 14.5. The summed E-state index contributed by atoms with van der Waals surface area (Å²) in [5, 5.41) is 8.04. The highest BCUT2D eigenvalue weighted by atomic mass is 35.5. The number of anilines is 2. The Morgan fingerprint density at radius 2 is 1.93 bits per heavy atom. The topological polar surface area (TPSA) is 84.8 Å². The molecule has 1 unspecified atom stereocenters. The lowest BCUT2D eigenvalue weighted by Crippen LogP contribution is -2.42. The van der Waals surface area contributed by atoms with Crippen molar-refractivity contribution in [1.82, 2.24) is 10.4 Å². The fraction of sp³-hybridized carbons (Fsp3) is 0.105. The van der Waals surface area contributed by atoms with Crippen LogP contribution in [0.1, 0.15) is 4.88 Å². The molecule has 0 saturated carbocycles. The number of ether oxygens (including phenoxy) is 2. The zero-order chi connectivity index (χ0) is 19.3. The van der Waals surface area contributed by atoms with E-state index < -0.39 is 12.0 Å². The molecule has 1 atom stereocenters. The Hall–Kier alpha value is -3.10. The highest BCUT2D eigenvalue weighted by Gasteiger charge is 2.27. The number of benzene rings is 2. The minimum atomic E-state index is -0.778. The third-order valence-electron chi connectivity index (χ3n) is 3.79. The minimum absolute atomic E-state index is 0.116. The number of halogens is 1. The number of hydrogen-bond acceptors (Lipinski definition) is 7. The summed E-state index contributed by atoms with van der Waals surface area (Å²) in [5.74, 6) is 0.735. The smallest absolute Gasteiger partial charge is 0.284 e. The van der Waals surface area contributed by atoms with Crippen LogP contribution in [-0.2, 0) is 4.79 Å². The molecular formula is C19H15ClN4O3S. The zero-order valence-corrected chi connectivity index (χ0v) is 16.0. The quantitative estimate of drug-likeness (QED) is 0.489. The van der Waals surface area contributed by atoms with Gasteiger partial charge in [0, 0.05) is 5.69 Å². The number of nitrogens with one attached hydrogen (secondary N) is 2. The Balaban J connectivity index is 1.35. The molecule has 3 aromatic rings. The SMILES string of the molecule is O=C(N/N=C/c1sc(Nc2ccccc2)nc1Cl)C1COc2ccccc2O1. The van der Waals surface area contributed by atoms with Crippen molar-refractivity contribution in [3.63, 3.8) is 0 Å². The number of fused-ring (bicyclic) bond motifs is 1. The molecule has 0 aliphatic carbocycles. The molecule has 0 spiro atoms. The van der Waals surface area contributed by atoms with Gasteiger partial charge in [-0.1, -0.05) is 53.3 Å². The molecule has 1 aromatic heterocycles. The number of carbonyl (C=O) groups excluding carboxylic acids is 1. The molecule has 2 heterocycles. The monoisotopic (exact) mass is 414 g/mol. The summed E-state index contributed by atoms with van der Waals surface area (Å²) in [6.07, 6.45) is 0.672. The first-order valence-corrected chi connectivity index (χ1v) is 9.58. The molecule has 1 amide bonds. The van der Waals surface area contributed by atoms with Crippen molar-refractivity contribution < 1.29 is 14.3 Å². The van der Waals surface area contributed by atoms with E-state index in [0.717, 1.165) is 5.69 Å². The van der Waals surface area contributed by atoms with E-state index in [4.69, 9.17) is 21.1 Å². The van der Waals surface area contributed by atoms with Crippen LogP contribution in [0.15, 0.2) is 59.7 Å². The van der Waals surface area contributed by atoms with E-state index in [1.165, 1.54) is 17.6 Å². The molecule has 9 heteroatoms. The lowest BCUT2D eigenvalue weighted by Gasteiger charge is -2.24. The number of hydrogen-bond donors (Lipinski definition) is 2. The van der Waals surface area contributed by atoms with Gasteiger partial charge < -0.3 is 14.8 Å². The van der Waals surface area contributed by atoms with E-state index in [0.29, 0.717) is 26.7 Å². The van der Waals surface area contributed by atoms with Gasteiger partial charge in [0.15, 0.2) is 21.8 Å². The van der Waals surface area contributed by atoms with E-state index in [1.54, 1.807) is 12.1 Å². The summed E-state index contributed by atoms with van der Waals surface area (Å²) in [5.41, 5.74) is 3.35. The summed E-state index contributed by atoms with van der Waals surface area (Å²) < 4.78 is 11.2. The Morgan fingerprint density at radius 3 is 2.75 bits per heavy atom. The Kier molecular flexibility index (Phi) is 5.41. The van der Waals surface area contributed by atoms with Gasteiger partial charge in [0.25, 0.3) is 5.91 Å². The first-order chi connectivity index (χ1) is 13.7. The van der Waals surface area contributed by atoms with Crippen molar-refractivity contribution in [2.45, 2.75) is 6.10 Å². The molecule has 0 bridgehead atoms. The summed E-state index contributed by atoms with van der Waals surface area (Å²) in [4.78, 5) is 17.1. The van der Waals surface area contributed by atoms with Crippen LogP contribution in [0.5, 0.6) is 11.5 Å². The van der Waals surface area contributed by atoms with Crippen molar-refractivity contribution in [2.24, 2.45) is 5.10 Å². The number of amides is 1. The van der Waals surface area contributed by atoms with Gasteiger partial charge in [-0.15, -0.1) is 0 Å². The van der Waals surface area contributed by atoms with Crippen LogP contribution in [0.25, 0.3) is 0 Å². The van der Waals surface area contributed by atoms with Crippen LogP contribution >= 0.6 is 22.9 Å². The largest absolute Gasteiger partial charge is 0.485 e. The maximum atomic E-state index is 12.2. The van der Waals surface area contributed by atoms with Gasteiger partial charge >= 0.3 is 0 Å². The fourth-order valence-corrected chi connectivity index (χ4v) is 3.52. The molecule has 28 heavy (non-hydrogen) atoms. The molecule has 142 valence electrons. The highest BCUT2D eigenvalue weighted by molar-refractivity contribution is 7.17. The predicted molar refractivity (Wildman–Crippen MR) is 109 cm³/mol. The molecular weight excluding hydrogens is 400 g/mol. The van der Waals surface area contributed by atoms with Crippen LogP contribution in [0.4, 0.5) is 10.8 Å². The summed E-state index contributed by atoms with van der Waals surface area (Å²) in [6, 6.07) is 16.8. The molecule has 4 rings (SSSR count). The Labute approximate surface area is 170 Å². The third-order valence-corrected chi connectivity index (χ3v) is 5.10. The van der Waals surface area contributed by atoms with Gasteiger partial charge in [0.2, 0.25) is 6.10 Å². The third kappa shape index (κ3) is 4.24. The van der Waals surface area contributed by atoms with Crippen LogP contribution in [0.2, 0.25) is 5.15 Å². The fourth-order valence-electron chi connectivity index (χ4n) is 2.47. The molecule has 0 fully saturated rings. The lowest BCUT2D eigenvalue weighted by atomic mass is 10.2. The first kappa shape index (κ1) is 18.3. The molecule has 2 N–H and O–H groups in total. The highest BCUT2D eigenvalue weighted by Crippen LogP contribution is 2.31. The summed E-state index contributed by atoms with van der Waals surface area (Å²) >= 11 is 7.46. The molecule has 0 radical (unpaired) electrons. The maximum absolute atomic E-state index is 12.2. The number of thiazole rings is 1. The minimum Gasteiger partial charge on any atom is -0.485 e. The second kappa shape index (κ2) is 8.28. The lowest BCUT2D eigenvalue weighted by molar-refractivity contribution is -0.130. The van der Waals surface area contributed by atoms with Crippen LogP contribution in [0, 0.1) is 0 Å². The normalized spacial score (nSPS) is 15.4. The van der Waals surface area contributed by atoms with E-state index in [1.807, 2.05) is 42.5 Å². The van der Waals surface area contributed by atoms with E-state index in [2.05, 4.69) is 20.8 Å². The molecule has 1 aliphatic heterocycles. The average Bonchev–Trinajstić information content (AvgIpc) is 3.07. The van der Waals surface area contributed by atoms with Gasteiger partial charge in [-0.25, -0.2) is 10.4 Å². The standard InChI is InChI=1S/C19H15ClN4O3S/c20-17-16(28-19(23-17)22-12-6-2-1-3-7-12)10-21-24-18(25)15-11-26-13-8-4-5-9-14(13)27-15/h1-10,15H,11H2,(H,22,23)(H,24,25)/b21-10+. The van der Waals surface area contributed by atoms with Crippen LogP contribution in [-0.4, -0.2) is 29.8 Å². The first-order valence-electron chi connectivity index (χ1n) is 8.39. The van der Waals surface area contributed by atoms with E-state index in [-0.39, 0.29) is 6.61 Å². The van der Waals surface area contributed by atoms with Gasteiger partial charge in [-0.05, 0) is 24.3 Å². The summed E-state index contributed by atoms with van der Waals surface area (Å²) in [6.45, 7) is 0.116. The number of aromatic nitrogens is 1. The van der Waals surface area contributed by atoms with Crippen LogP contribution in [0.3, 0.4) is 0 Å². The van der Waals surface area contributed by atoms with Gasteiger partial charge in [-0.2, -0.15) is 5.10 Å². The predicted octanol–water partition coefficient (Wildman–Crippen LogP) is 3.83. The maximum Gasteiger partial charge on any atom is 0.284 e. The molecule has 7 nitrogen and oxygen atoms in total. The second-order valence-corrected chi connectivity index (χ2v) is 7.15. The van der Waals surface area contributed by atoms with E-state index >= 15 is 0 Å². The average molecular weight is 415 g/mol. The number of para-hydroxylation sites is 3.